The molecule has 3 heterocycles. The van der Waals surface area contributed by atoms with Crippen LogP contribution in [0, 0.1) is 23.7 Å². The van der Waals surface area contributed by atoms with E-state index in [1.807, 2.05) is 0 Å². The summed E-state index contributed by atoms with van der Waals surface area (Å²) in [5.74, 6) is 2.65. The highest BCUT2D eigenvalue weighted by Crippen LogP contribution is 2.55. The number of cyclic esters (lactones) is 1. The zero-order valence-electron chi connectivity index (χ0n) is 11.0. The van der Waals surface area contributed by atoms with E-state index in [0.29, 0.717) is 23.8 Å². The Bertz CT molecular complexity index is 489. The maximum absolute atomic E-state index is 12.2. The first-order chi connectivity index (χ1) is 9.16. The number of hydrogen-bond acceptors (Lipinski definition) is 4. The Morgan fingerprint density at radius 3 is 2.63 bits per heavy atom. The van der Waals surface area contributed by atoms with Gasteiger partial charge in [0.1, 0.15) is 6.61 Å². The number of carbonyl (C=O) groups is 2. The number of carbonyl (C=O) groups excluding carboxylic acids is 2. The van der Waals surface area contributed by atoms with Crippen LogP contribution in [-0.2, 0) is 14.3 Å². The van der Waals surface area contributed by atoms with Crippen LogP contribution < -0.4 is 5.32 Å². The summed E-state index contributed by atoms with van der Waals surface area (Å²) in [5, 5.41) is 3.39. The molecule has 1 N–H and O–H groups in total. The van der Waals surface area contributed by atoms with E-state index in [0.717, 1.165) is 37.2 Å². The minimum atomic E-state index is -0.279. The molecule has 1 saturated carbocycles. The molecule has 0 aromatic carbocycles. The average molecular weight is 262 g/mol. The number of amides is 1. The fourth-order valence-electron chi connectivity index (χ4n) is 4.17. The molecular weight excluding hydrogens is 244 g/mol. The van der Waals surface area contributed by atoms with Crippen LogP contribution in [0.1, 0.15) is 13.3 Å². The second kappa shape index (κ2) is 3.82. The summed E-state index contributed by atoms with van der Waals surface area (Å²) in [7, 11) is 0. The number of nitrogens with one attached hydrogen (secondary N) is 1. The van der Waals surface area contributed by atoms with Crippen LogP contribution in [0.15, 0.2) is 11.3 Å². The zero-order chi connectivity index (χ0) is 13.1. The van der Waals surface area contributed by atoms with Crippen LogP contribution in [0.25, 0.3) is 0 Å². The first kappa shape index (κ1) is 11.5. The third kappa shape index (κ3) is 1.57. The number of esters is 1. The van der Waals surface area contributed by atoms with Crippen molar-refractivity contribution in [1.29, 1.82) is 0 Å². The van der Waals surface area contributed by atoms with Crippen molar-refractivity contribution in [2.45, 2.75) is 13.3 Å². The van der Waals surface area contributed by atoms with Gasteiger partial charge in [0.2, 0.25) is 5.91 Å². The number of piperidine rings is 1. The maximum atomic E-state index is 12.2. The normalized spacial score (nSPS) is 41.0. The lowest BCUT2D eigenvalue weighted by atomic mass is 9.99. The van der Waals surface area contributed by atoms with Gasteiger partial charge in [0.15, 0.2) is 0 Å². The third-order valence-corrected chi connectivity index (χ3v) is 5.26. The molecule has 1 amide bonds. The average Bonchev–Trinajstić information content (AvgIpc) is 2.78. The van der Waals surface area contributed by atoms with Crippen molar-refractivity contribution in [3.05, 3.63) is 11.3 Å². The monoisotopic (exact) mass is 262 g/mol. The van der Waals surface area contributed by atoms with Gasteiger partial charge in [-0.3, -0.25) is 4.79 Å². The predicted octanol–water partition coefficient (Wildman–Crippen LogP) is 0.131. The molecule has 3 unspecified atom stereocenters. The minimum Gasteiger partial charge on any atom is -0.456 e. The molecule has 5 heteroatoms. The van der Waals surface area contributed by atoms with Crippen molar-refractivity contribution in [2.24, 2.45) is 23.7 Å². The van der Waals surface area contributed by atoms with Crippen molar-refractivity contribution in [3.8, 4) is 0 Å². The van der Waals surface area contributed by atoms with Gasteiger partial charge in [-0.25, -0.2) is 4.79 Å². The summed E-state index contributed by atoms with van der Waals surface area (Å²) in [6, 6.07) is 0. The minimum absolute atomic E-state index is 0.163. The van der Waals surface area contributed by atoms with Gasteiger partial charge >= 0.3 is 5.97 Å². The molecule has 1 aliphatic carbocycles. The van der Waals surface area contributed by atoms with Gasteiger partial charge in [-0.2, -0.15) is 0 Å². The lowest BCUT2D eigenvalue weighted by Crippen LogP contribution is -2.27. The van der Waals surface area contributed by atoms with E-state index >= 15 is 0 Å². The Morgan fingerprint density at radius 1 is 1.26 bits per heavy atom. The number of hydrogen-bond donors (Lipinski definition) is 1. The quantitative estimate of drug-likeness (QED) is 0.719. The second-order valence-electron chi connectivity index (χ2n) is 6.18. The Labute approximate surface area is 112 Å². The van der Waals surface area contributed by atoms with Gasteiger partial charge in [0, 0.05) is 13.0 Å². The van der Waals surface area contributed by atoms with Crippen LogP contribution in [-0.4, -0.2) is 43.0 Å². The summed E-state index contributed by atoms with van der Waals surface area (Å²) < 4.78 is 5.01. The van der Waals surface area contributed by atoms with Gasteiger partial charge in [0.05, 0.1) is 11.3 Å². The first-order valence-electron chi connectivity index (χ1n) is 7.05. The zero-order valence-corrected chi connectivity index (χ0v) is 11.0. The van der Waals surface area contributed by atoms with E-state index in [2.05, 4.69) is 5.32 Å². The molecule has 19 heavy (non-hydrogen) atoms. The first-order valence-corrected chi connectivity index (χ1v) is 7.05. The molecule has 3 fully saturated rings. The Morgan fingerprint density at radius 2 is 2.00 bits per heavy atom. The summed E-state index contributed by atoms with van der Waals surface area (Å²) in [6.45, 7) is 5.02. The maximum Gasteiger partial charge on any atom is 0.336 e. The Kier molecular flexibility index (Phi) is 2.31. The van der Waals surface area contributed by atoms with Crippen LogP contribution in [0.5, 0.6) is 0 Å². The molecule has 102 valence electrons. The SMILES string of the molecule is CC1=C(N2CC(C3C4CNCC43)CC2=O)COC1=O. The van der Waals surface area contributed by atoms with E-state index in [9.17, 15) is 9.59 Å². The van der Waals surface area contributed by atoms with Crippen molar-refractivity contribution in [1.82, 2.24) is 10.2 Å². The summed E-state index contributed by atoms with van der Waals surface area (Å²) in [6.07, 6.45) is 0.642. The molecule has 5 nitrogen and oxygen atoms in total. The molecule has 0 spiro atoms. The van der Waals surface area contributed by atoms with Gasteiger partial charge in [-0.05, 0) is 43.7 Å². The van der Waals surface area contributed by atoms with E-state index in [1.165, 1.54) is 0 Å². The Hall–Kier alpha value is -1.36. The van der Waals surface area contributed by atoms with Crippen LogP contribution in [0.2, 0.25) is 0 Å². The number of fused-ring (bicyclic) bond motifs is 1. The fourth-order valence-corrected chi connectivity index (χ4v) is 4.17. The van der Waals surface area contributed by atoms with Crippen LogP contribution in [0.3, 0.4) is 0 Å². The van der Waals surface area contributed by atoms with Crippen molar-refractivity contribution < 1.29 is 14.3 Å². The van der Waals surface area contributed by atoms with Crippen molar-refractivity contribution in [2.75, 3.05) is 26.2 Å². The third-order valence-electron chi connectivity index (χ3n) is 5.26. The highest BCUT2D eigenvalue weighted by molar-refractivity contribution is 5.93. The predicted molar refractivity (Wildman–Crippen MR) is 66.8 cm³/mol. The highest BCUT2D eigenvalue weighted by Gasteiger charge is 2.58. The molecule has 3 atom stereocenters. The van der Waals surface area contributed by atoms with Crippen molar-refractivity contribution >= 4 is 11.9 Å². The van der Waals surface area contributed by atoms with Gasteiger partial charge in [0.25, 0.3) is 0 Å². The summed E-state index contributed by atoms with van der Waals surface area (Å²) in [5.41, 5.74) is 1.40. The molecule has 0 aromatic heterocycles. The van der Waals surface area contributed by atoms with Gasteiger partial charge < -0.3 is 15.0 Å². The molecular formula is C14H18N2O3. The highest BCUT2D eigenvalue weighted by atomic mass is 16.5. The second-order valence-corrected chi connectivity index (χ2v) is 6.18. The molecule has 3 aliphatic heterocycles. The lowest BCUT2D eigenvalue weighted by Gasteiger charge is -2.18. The van der Waals surface area contributed by atoms with E-state index in [1.54, 1.807) is 11.8 Å². The number of ether oxygens (including phenoxy) is 1. The number of nitrogens with zero attached hydrogens (tertiary/aromatic N) is 1. The van der Waals surface area contributed by atoms with Crippen LogP contribution in [0.4, 0.5) is 0 Å². The lowest BCUT2D eigenvalue weighted by molar-refractivity contribution is -0.136. The van der Waals surface area contributed by atoms with Crippen LogP contribution >= 0.6 is 0 Å². The van der Waals surface area contributed by atoms with Gasteiger partial charge in [-0.15, -0.1) is 0 Å². The summed E-state index contributed by atoms with van der Waals surface area (Å²) >= 11 is 0. The fraction of sp³-hybridized carbons (Fsp3) is 0.714. The largest absolute Gasteiger partial charge is 0.456 e. The standard InChI is InChI=1S/C14H18N2O3/c1-7-11(6-19-14(7)18)16-5-8(2-12(16)17)13-9-3-15-4-10(9)13/h8-10,13,15H,2-6H2,1H3. The summed E-state index contributed by atoms with van der Waals surface area (Å²) in [4.78, 5) is 25.4. The topological polar surface area (TPSA) is 58.6 Å². The molecule has 0 aromatic rings. The molecule has 4 aliphatic rings. The van der Waals surface area contributed by atoms with Crippen molar-refractivity contribution in [3.63, 3.8) is 0 Å². The molecule has 4 rings (SSSR count). The number of rotatable bonds is 2. The van der Waals surface area contributed by atoms with E-state index < -0.39 is 0 Å². The van der Waals surface area contributed by atoms with E-state index in [4.69, 9.17) is 4.74 Å². The molecule has 0 bridgehead atoms. The number of likely N-dealkylation sites (tertiary alicyclic amines) is 1. The molecule has 2 saturated heterocycles. The smallest absolute Gasteiger partial charge is 0.336 e. The van der Waals surface area contributed by atoms with Gasteiger partial charge in [-0.1, -0.05) is 0 Å². The molecule has 0 radical (unpaired) electrons. The van der Waals surface area contributed by atoms with E-state index in [-0.39, 0.29) is 18.5 Å². The Balaban J connectivity index is 1.50.